The van der Waals surface area contributed by atoms with Gasteiger partial charge in [-0.3, -0.25) is 9.69 Å². The maximum absolute atomic E-state index is 10.8. The first kappa shape index (κ1) is 11.5. The molecule has 4 nitrogen and oxygen atoms in total. The molecule has 0 bridgehead atoms. The van der Waals surface area contributed by atoms with Crippen LogP contribution in [-0.2, 0) is 4.79 Å². The molecular formula is C13H23N3O. The summed E-state index contributed by atoms with van der Waals surface area (Å²) in [6, 6.07) is 0.799. The second-order valence-electron chi connectivity index (χ2n) is 6.04. The van der Waals surface area contributed by atoms with E-state index < -0.39 is 0 Å². The van der Waals surface area contributed by atoms with E-state index in [1.54, 1.807) is 0 Å². The van der Waals surface area contributed by atoms with Gasteiger partial charge in [-0.1, -0.05) is 0 Å². The molecular weight excluding hydrogens is 214 g/mol. The molecule has 96 valence electrons. The highest BCUT2D eigenvalue weighted by Crippen LogP contribution is 2.39. The number of likely N-dealkylation sites (tertiary alicyclic amines) is 1. The Morgan fingerprint density at radius 2 is 1.59 bits per heavy atom. The van der Waals surface area contributed by atoms with E-state index in [1.165, 1.54) is 39.0 Å². The summed E-state index contributed by atoms with van der Waals surface area (Å²) in [5, 5.41) is 0. The fourth-order valence-electron chi connectivity index (χ4n) is 3.88. The standard InChI is InChI=1S/C13H23N3O/c1-14-2-4-16(5-3-14)13-6-11-8-15(10-17)9-12(11)7-13/h10-13H,2-9H2,1H3/t11-,12+,13?. The van der Waals surface area contributed by atoms with Crippen molar-refractivity contribution in [3.63, 3.8) is 0 Å². The summed E-state index contributed by atoms with van der Waals surface area (Å²) in [6.45, 7) is 6.92. The van der Waals surface area contributed by atoms with Crippen molar-refractivity contribution >= 4 is 6.41 Å². The molecule has 1 aliphatic carbocycles. The van der Waals surface area contributed by atoms with Crippen LogP contribution in [0, 0.1) is 11.8 Å². The lowest BCUT2D eigenvalue weighted by Gasteiger charge is -2.37. The highest BCUT2D eigenvalue weighted by atomic mass is 16.1. The summed E-state index contributed by atoms with van der Waals surface area (Å²) < 4.78 is 0. The zero-order chi connectivity index (χ0) is 11.8. The molecule has 0 N–H and O–H groups in total. The molecule has 4 heteroatoms. The van der Waals surface area contributed by atoms with Crippen molar-refractivity contribution in [2.45, 2.75) is 18.9 Å². The third-order valence-electron chi connectivity index (χ3n) is 4.96. The van der Waals surface area contributed by atoms with Gasteiger partial charge in [0.15, 0.2) is 0 Å². The summed E-state index contributed by atoms with van der Waals surface area (Å²) in [6.07, 6.45) is 3.67. The van der Waals surface area contributed by atoms with Crippen molar-refractivity contribution in [2.24, 2.45) is 11.8 Å². The summed E-state index contributed by atoms with van der Waals surface area (Å²) in [4.78, 5) is 17.8. The minimum absolute atomic E-state index is 0.782. The molecule has 3 atom stereocenters. The Morgan fingerprint density at radius 3 is 2.12 bits per heavy atom. The number of likely N-dealkylation sites (N-methyl/N-ethyl adjacent to an activating group) is 1. The van der Waals surface area contributed by atoms with Crippen LogP contribution in [0.2, 0.25) is 0 Å². The largest absolute Gasteiger partial charge is 0.345 e. The lowest BCUT2D eigenvalue weighted by molar-refractivity contribution is -0.117. The Hall–Kier alpha value is -0.610. The monoisotopic (exact) mass is 237 g/mol. The predicted molar refractivity (Wildman–Crippen MR) is 66.7 cm³/mol. The average Bonchev–Trinajstić information content (AvgIpc) is 2.87. The molecule has 2 heterocycles. The second-order valence-corrected chi connectivity index (χ2v) is 6.04. The number of carbonyl (C=O) groups excluding carboxylic acids is 1. The van der Waals surface area contributed by atoms with E-state index in [0.717, 1.165) is 37.4 Å². The SMILES string of the molecule is CN1CCN(C2C[C@@H]3CN(C=O)C[C@@H]3C2)CC1. The number of hydrogen-bond donors (Lipinski definition) is 0. The molecule has 0 aromatic carbocycles. The Bertz CT molecular complexity index is 274. The first-order chi connectivity index (χ1) is 8.26. The van der Waals surface area contributed by atoms with Gasteiger partial charge in [0.25, 0.3) is 0 Å². The molecule has 1 saturated carbocycles. The number of piperazine rings is 1. The molecule has 2 aliphatic heterocycles. The Labute approximate surface area is 104 Å². The predicted octanol–water partition coefficient (Wildman–Crippen LogP) is 0.101. The minimum Gasteiger partial charge on any atom is -0.345 e. The van der Waals surface area contributed by atoms with E-state index in [0.29, 0.717) is 0 Å². The van der Waals surface area contributed by atoms with Crippen LogP contribution in [0.15, 0.2) is 0 Å². The van der Waals surface area contributed by atoms with Crippen LogP contribution >= 0.6 is 0 Å². The number of fused-ring (bicyclic) bond motifs is 1. The molecule has 3 fully saturated rings. The zero-order valence-corrected chi connectivity index (χ0v) is 10.7. The number of amides is 1. The van der Waals surface area contributed by atoms with Crippen molar-refractivity contribution in [1.29, 1.82) is 0 Å². The molecule has 0 radical (unpaired) electrons. The minimum atomic E-state index is 0.782. The summed E-state index contributed by atoms with van der Waals surface area (Å²) in [7, 11) is 2.21. The lowest BCUT2D eigenvalue weighted by Crippen LogP contribution is -2.48. The van der Waals surface area contributed by atoms with Gasteiger partial charge in [-0.25, -0.2) is 0 Å². The third-order valence-corrected chi connectivity index (χ3v) is 4.96. The first-order valence-corrected chi connectivity index (χ1v) is 6.88. The number of hydrogen-bond acceptors (Lipinski definition) is 3. The first-order valence-electron chi connectivity index (χ1n) is 6.88. The van der Waals surface area contributed by atoms with Crippen molar-refractivity contribution < 1.29 is 4.79 Å². The van der Waals surface area contributed by atoms with Crippen LogP contribution in [-0.4, -0.2) is 73.5 Å². The van der Waals surface area contributed by atoms with Gasteiger partial charge in [-0.15, -0.1) is 0 Å². The van der Waals surface area contributed by atoms with Crippen molar-refractivity contribution in [1.82, 2.24) is 14.7 Å². The molecule has 17 heavy (non-hydrogen) atoms. The fourth-order valence-corrected chi connectivity index (χ4v) is 3.88. The van der Waals surface area contributed by atoms with Crippen molar-refractivity contribution in [3.05, 3.63) is 0 Å². The fraction of sp³-hybridized carbons (Fsp3) is 0.923. The van der Waals surface area contributed by atoms with Gasteiger partial charge in [0, 0.05) is 45.3 Å². The van der Waals surface area contributed by atoms with E-state index in [2.05, 4.69) is 16.8 Å². The quantitative estimate of drug-likeness (QED) is 0.637. The number of carbonyl (C=O) groups is 1. The molecule has 0 aromatic heterocycles. The van der Waals surface area contributed by atoms with E-state index in [-0.39, 0.29) is 0 Å². The Morgan fingerprint density at radius 1 is 1.00 bits per heavy atom. The van der Waals surface area contributed by atoms with Gasteiger partial charge in [0.2, 0.25) is 6.41 Å². The maximum atomic E-state index is 10.8. The summed E-state index contributed by atoms with van der Waals surface area (Å²) in [5.74, 6) is 1.56. The zero-order valence-electron chi connectivity index (χ0n) is 10.7. The number of rotatable bonds is 2. The molecule has 2 saturated heterocycles. The second kappa shape index (κ2) is 4.58. The molecule has 3 rings (SSSR count). The van der Waals surface area contributed by atoms with E-state index in [4.69, 9.17) is 0 Å². The highest BCUT2D eigenvalue weighted by Gasteiger charge is 2.42. The Balaban J connectivity index is 1.54. The highest BCUT2D eigenvalue weighted by molar-refractivity contribution is 5.47. The van der Waals surface area contributed by atoms with E-state index in [1.807, 2.05) is 4.90 Å². The molecule has 1 unspecified atom stereocenters. The topological polar surface area (TPSA) is 26.8 Å². The van der Waals surface area contributed by atoms with Crippen molar-refractivity contribution in [3.8, 4) is 0 Å². The average molecular weight is 237 g/mol. The Kier molecular flexibility index (Phi) is 3.09. The number of nitrogens with zero attached hydrogens (tertiary/aromatic N) is 3. The van der Waals surface area contributed by atoms with Crippen LogP contribution in [0.4, 0.5) is 0 Å². The molecule has 0 spiro atoms. The van der Waals surface area contributed by atoms with Gasteiger partial charge in [-0.05, 0) is 31.7 Å². The van der Waals surface area contributed by atoms with E-state index >= 15 is 0 Å². The van der Waals surface area contributed by atoms with Gasteiger partial charge in [0.05, 0.1) is 0 Å². The van der Waals surface area contributed by atoms with Crippen LogP contribution in [0.25, 0.3) is 0 Å². The van der Waals surface area contributed by atoms with Gasteiger partial charge in [0.1, 0.15) is 0 Å². The lowest BCUT2D eigenvalue weighted by atomic mass is 10.0. The summed E-state index contributed by atoms with van der Waals surface area (Å²) in [5.41, 5.74) is 0. The van der Waals surface area contributed by atoms with Gasteiger partial charge in [-0.2, -0.15) is 0 Å². The van der Waals surface area contributed by atoms with Crippen LogP contribution in [0.3, 0.4) is 0 Å². The normalized spacial score (nSPS) is 39.6. The van der Waals surface area contributed by atoms with Gasteiger partial charge < -0.3 is 9.80 Å². The molecule has 3 aliphatic rings. The van der Waals surface area contributed by atoms with Gasteiger partial charge >= 0.3 is 0 Å². The third kappa shape index (κ3) is 2.20. The van der Waals surface area contributed by atoms with Crippen LogP contribution < -0.4 is 0 Å². The smallest absolute Gasteiger partial charge is 0.209 e. The van der Waals surface area contributed by atoms with Crippen LogP contribution in [0.1, 0.15) is 12.8 Å². The van der Waals surface area contributed by atoms with E-state index in [9.17, 15) is 4.79 Å². The van der Waals surface area contributed by atoms with Crippen molar-refractivity contribution in [2.75, 3.05) is 46.3 Å². The summed E-state index contributed by atoms with van der Waals surface area (Å²) >= 11 is 0. The van der Waals surface area contributed by atoms with Crippen LogP contribution in [0.5, 0.6) is 0 Å². The molecule has 0 aromatic rings. The maximum Gasteiger partial charge on any atom is 0.209 e. The molecule has 1 amide bonds.